The number of esters is 1. The van der Waals surface area contributed by atoms with Crippen LogP contribution in [-0.2, 0) is 9.53 Å². The second-order valence-electron chi connectivity index (χ2n) is 6.40. The van der Waals surface area contributed by atoms with Crippen molar-refractivity contribution in [2.45, 2.75) is 72.3 Å². The van der Waals surface area contributed by atoms with E-state index in [4.69, 9.17) is 5.11 Å². The number of allylic oxidation sites excluding steroid dienone is 4. The van der Waals surface area contributed by atoms with Crippen LogP contribution in [0.1, 0.15) is 66.2 Å². The first-order valence-electron chi connectivity index (χ1n) is 9.33. The molecule has 1 saturated heterocycles. The van der Waals surface area contributed by atoms with Crippen LogP contribution < -0.4 is 0 Å². The van der Waals surface area contributed by atoms with Crippen molar-refractivity contribution in [1.82, 2.24) is 0 Å². The molecule has 0 amide bonds. The Morgan fingerprint density at radius 1 is 1.30 bits per heavy atom. The minimum atomic E-state index is -0.462. The lowest BCUT2D eigenvalue weighted by Gasteiger charge is -2.36. The summed E-state index contributed by atoms with van der Waals surface area (Å²) < 4.78 is 4.55. The van der Waals surface area contributed by atoms with Gasteiger partial charge >= 0.3 is 5.97 Å². The maximum atomic E-state index is 10.3. The van der Waals surface area contributed by atoms with E-state index in [-0.39, 0.29) is 12.4 Å². The lowest BCUT2D eigenvalue weighted by atomic mass is 9.69. The average Bonchev–Trinajstić information content (AvgIpc) is 2.57. The van der Waals surface area contributed by atoms with Gasteiger partial charge in [0.05, 0.1) is 19.1 Å². The fraction of sp³-hybridized carbons (Fsp3) is 0.750. The van der Waals surface area contributed by atoms with Gasteiger partial charge in [-0.15, -0.1) is 0 Å². The third-order valence-electron chi connectivity index (χ3n) is 4.90. The number of aliphatic hydroxyl groups excluding tert-OH is 1. The van der Waals surface area contributed by atoms with Gasteiger partial charge in [0.1, 0.15) is 0 Å². The van der Waals surface area contributed by atoms with Crippen molar-refractivity contribution in [2.24, 2.45) is 17.8 Å². The van der Waals surface area contributed by atoms with Crippen molar-refractivity contribution in [3.8, 4) is 0 Å². The molecule has 0 saturated carbocycles. The molecule has 0 radical (unpaired) electrons. The zero-order valence-electron chi connectivity index (χ0n) is 15.3. The zero-order chi connectivity index (χ0) is 17.2. The number of carbonyl (C=O) groups is 1. The quantitative estimate of drug-likeness (QED) is 0.714. The smallest absolute Gasteiger partial charge is 0.308 e. The van der Waals surface area contributed by atoms with E-state index in [1.165, 1.54) is 25.7 Å². The molecular formula is C20H34O3. The maximum absolute atomic E-state index is 10.3. The van der Waals surface area contributed by atoms with Crippen LogP contribution in [0.4, 0.5) is 0 Å². The molecule has 3 rings (SSSR count). The summed E-state index contributed by atoms with van der Waals surface area (Å²) in [7, 11) is 0. The number of ether oxygens (including phenoxy) is 1. The number of fused-ring (bicyclic) bond motifs is 1. The molecule has 3 heteroatoms. The van der Waals surface area contributed by atoms with Crippen LogP contribution in [0, 0.1) is 17.8 Å². The first kappa shape index (κ1) is 20.0. The van der Waals surface area contributed by atoms with Crippen LogP contribution in [0.25, 0.3) is 0 Å². The highest BCUT2D eigenvalue weighted by Crippen LogP contribution is 2.41. The van der Waals surface area contributed by atoms with Gasteiger partial charge in [-0.3, -0.25) is 4.79 Å². The zero-order valence-corrected chi connectivity index (χ0v) is 15.3. The Morgan fingerprint density at radius 2 is 2.04 bits per heavy atom. The fourth-order valence-electron chi connectivity index (χ4n) is 3.67. The van der Waals surface area contributed by atoms with Crippen molar-refractivity contribution in [3.05, 3.63) is 23.8 Å². The van der Waals surface area contributed by atoms with E-state index in [0.29, 0.717) is 13.0 Å². The van der Waals surface area contributed by atoms with E-state index in [2.05, 4.69) is 36.8 Å². The molecule has 4 atom stereocenters. The molecule has 1 heterocycles. The van der Waals surface area contributed by atoms with Crippen LogP contribution in [0.2, 0.25) is 0 Å². The topological polar surface area (TPSA) is 46.5 Å². The lowest BCUT2D eigenvalue weighted by Crippen LogP contribution is -2.26. The average molecular weight is 322 g/mol. The Bertz CT molecular complexity index is 411. The van der Waals surface area contributed by atoms with Crippen molar-refractivity contribution >= 4 is 5.97 Å². The van der Waals surface area contributed by atoms with Crippen molar-refractivity contribution in [2.75, 3.05) is 6.61 Å². The van der Waals surface area contributed by atoms with Crippen molar-refractivity contribution in [1.29, 1.82) is 0 Å². The Hall–Kier alpha value is -1.09. The van der Waals surface area contributed by atoms with Gasteiger partial charge in [-0.05, 0) is 42.6 Å². The van der Waals surface area contributed by atoms with E-state index >= 15 is 0 Å². The van der Waals surface area contributed by atoms with Gasteiger partial charge in [0.15, 0.2) is 0 Å². The molecule has 132 valence electrons. The van der Waals surface area contributed by atoms with Gasteiger partial charge in [-0.2, -0.15) is 0 Å². The van der Waals surface area contributed by atoms with Gasteiger partial charge in [-0.25, -0.2) is 0 Å². The number of aliphatic hydroxyl groups is 1. The third-order valence-corrected chi connectivity index (χ3v) is 4.90. The molecule has 0 aromatic carbocycles. The number of hydrogen-bond donors (Lipinski definition) is 1. The fourth-order valence-corrected chi connectivity index (χ4v) is 3.67. The van der Waals surface area contributed by atoms with Crippen LogP contribution in [-0.4, -0.2) is 23.8 Å². The van der Waals surface area contributed by atoms with Crippen LogP contribution in [0.5, 0.6) is 0 Å². The molecule has 3 nitrogen and oxygen atoms in total. The Morgan fingerprint density at radius 3 is 2.61 bits per heavy atom. The molecule has 23 heavy (non-hydrogen) atoms. The molecule has 2 aliphatic carbocycles. The Balaban J connectivity index is 0.000000228. The molecule has 1 aliphatic heterocycles. The highest BCUT2D eigenvalue weighted by Gasteiger charge is 2.30. The van der Waals surface area contributed by atoms with E-state index in [9.17, 15) is 4.79 Å². The molecule has 0 aromatic rings. The van der Waals surface area contributed by atoms with Crippen molar-refractivity contribution in [3.63, 3.8) is 0 Å². The molecule has 4 unspecified atom stereocenters. The molecule has 0 bridgehead atoms. The van der Waals surface area contributed by atoms with Gasteiger partial charge in [-0.1, -0.05) is 52.3 Å². The summed E-state index contributed by atoms with van der Waals surface area (Å²) in [6.07, 6.45) is 13.0. The normalized spacial score (nSPS) is 32.2. The maximum Gasteiger partial charge on any atom is 0.308 e. The van der Waals surface area contributed by atoms with E-state index in [1.54, 1.807) is 5.57 Å². The van der Waals surface area contributed by atoms with E-state index < -0.39 is 6.10 Å². The Labute approximate surface area is 141 Å². The SMILES string of the molecule is CC.CCC1C(C)C=CC2=CCCCC21.O=C1CC(O)CCO1. The summed E-state index contributed by atoms with van der Waals surface area (Å²) in [5.41, 5.74) is 1.64. The third kappa shape index (κ3) is 6.14. The first-order chi connectivity index (χ1) is 11.1. The summed E-state index contributed by atoms with van der Waals surface area (Å²) in [5.74, 6) is 2.31. The molecule has 1 fully saturated rings. The van der Waals surface area contributed by atoms with Crippen LogP contribution in [0.15, 0.2) is 23.8 Å². The van der Waals surface area contributed by atoms with Crippen LogP contribution >= 0.6 is 0 Å². The molecule has 1 N–H and O–H groups in total. The summed E-state index contributed by atoms with van der Waals surface area (Å²) in [6.45, 7) is 9.09. The predicted octanol–water partition coefficient (Wildman–Crippen LogP) is 4.66. The minimum Gasteiger partial charge on any atom is -0.465 e. The molecule has 0 aromatic heterocycles. The number of carbonyl (C=O) groups excluding carboxylic acids is 1. The van der Waals surface area contributed by atoms with Crippen molar-refractivity contribution < 1.29 is 14.6 Å². The van der Waals surface area contributed by atoms with Gasteiger partial charge in [0, 0.05) is 6.42 Å². The summed E-state index contributed by atoms with van der Waals surface area (Å²) in [6, 6.07) is 0. The first-order valence-corrected chi connectivity index (χ1v) is 9.33. The van der Waals surface area contributed by atoms with E-state index in [1.807, 2.05) is 13.8 Å². The molecule has 3 aliphatic rings. The van der Waals surface area contributed by atoms with Crippen LogP contribution in [0.3, 0.4) is 0 Å². The highest BCUT2D eigenvalue weighted by atomic mass is 16.5. The largest absolute Gasteiger partial charge is 0.465 e. The summed E-state index contributed by atoms with van der Waals surface area (Å²) in [4.78, 5) is 10.3. The monoisotopic (exact) mass is 322 g/mol. The lowest BCUT2D eigenvalue weighted by molar-refractivity contribution is -0.151. The second-order valence-corrected chi connectivity index (χ2v) is 6.40. The minimum absolute atomic E-state index is 0.167. The van der Waals surface area contributed by atoms with E-state index in [0.717, 1.165) is 17.8 Å². The Kier molecular flexibility index (Phi) is 9.23. The number of rotatable bonds is 1. The second kappa shape index (κ2) is 10.6. The van der Waals surface area contributed by atoms with Gasteiger partial charge in [0.25, 0.3) is 0 Å². The highest BCUT2D eigenvalue weighted by molar-refractivity contribution is 5.70. The molecule has 0 spiro atoms. The summed E-state index contributed by atoms with van der Waals surface area (Å²) in [5, 5.41) is 8.78. The number of hydrogen-bond acceptors (Lipinski definition) is 3. The van der Waals surface area contributed by atoms with Gasteiger partial charge in [0.2, 0.25) is 0 Å². The standard InChI is InChI=1S/C13H20.C5H8O3.C2H6/c1-3-12-10(2)8-9-11-6-4-5-7-13(11)12;6-4-1-2-8-5(7)3-4;1-2/h6,8-10,12-13H,3-5,7H2,1-2H3;4,6H,1-3H2;1-2H3. The number of cyclic esters (lactones) is 1. The molecular weight excluding hydrogens is 288 g/mol. The summed E-state index contributed by atoms with van der Waals surface area (Å²) >= 11 is 0. The van der Waals surface area contributed by atoms with Gasteiger partial charge < -0.3 is 9.84 Å². The predicted molar refractivity (Wildman–Crippen MR) is 95.1 cm³/mol.